The second kappa shape index (κ2) is 4.56. The first kappa shape index (κ1) is 11.8. The van der Waals surface area contributed by atoms with Crippen LogP contribution in [0.4, 0.5) is 0 Å². The second-order valence-corrected chi connectivity index (χ2v) is 5.68. The Labute approximate surface area is 116 Å². The number of aromatic nitrogens is 3. The molecule has 104 valence electrons. The van der Waals surface area contributed by atoms with E-state index in [0.29, 0.717) is 11.6 Å². The van der Waals surface area contributed by atoms with Crippen molar-refractivity contribution in [1.29, 1.82) is 0 Å². The molecule has 2 bridgehead atoms. The quantitative estimate of drug-likeness (QED) is 0.866. The summed E-state index contributed by atoms with van der Waals surface area (Å²) in [5, 5.41) is 3.15. The number of imidazole rings is 1. The Morgan fingerprint density at radius 2 is 2.15 bits per heavy atom. The maximum absolute atomic E-state index is 12.3. The number of carbonyl (C=O) groups is 1. The van der Waals surface area contributed by atoms with Crippen LogP contribution >= 0.6 is 0 Å². The molecule has 0 radical (unpaired) electrons. The SMILES string of the molecule is O=C(N[C@H]1CN2CCC1CC2)c1cn2ccnc2cn1. The molecule has 3 fully saturated rings. The molecule has 5 rings (SSSR count). The van der Waals surface area contributed by atoms with Crippen LogP contribution in [0.2, 0.25) is 0 Å². The third kappa shape index (κ3) is 1.96. The van der Waals surface area contributed by atoms with Gasteiger partial charge in [-0.25, -0.2) is 9.97 Å². The van der Waals surface area contributed by atoms with E-state index in [-0.39, 0.29) is 11.9 Å². The van der Waals surface area contributed by atoms with Gasteiger partial charge in [0.05, 0.1) is 6.20 Å². The summed E-state index contributed by atoms with van der Waals surface area (Å²) in [6, 6.07) is 0.269. The van der Waals surface area contributed by atoms with Gasteiger partial charge >= 0.3 is 0 Å². The Hall–Kier alpha value is -1.95. The molecule has 3 aliphatic heterocycles. The zero-order valence-electron chi connectivity index (χ0n) is 11.2. The summed E-state index contributed by atoms with van der Waals surface area (Å²) >= 11 is 0. The van der Waals surface area contributed by atoms with Crippen LogP contribution in [-0.2, 0) is 0 Å². The average molecular weight is 271 g/mol. The molecule has 2 aromatic rings. The summed E-state index contributed by atoms with van der Waals surface area (Å²) in [5.41, 5.74) is 1.20. The number of nitrogens with one attached hydrogen (secondary N) is 1. The lowest BCUT2D eigenvalue weighted by atomic mass is 9.84. The third-order valence-corrected chi connectivity index (χ3v) is 4.48. The first-order valence-electron chi connectivity index (χ1n) is 7.11. The number of amides is 1. The van der Waals surface area contributed by atoms with Gasteiger partial charge in [0.1, 0.15) is 5.69 Å². The number of carbonyl (C=O) groups excluding carboxylic acids is 1. The van der Waals surface area contributed by atoms with Crippen LogP contribution in [0.15, 0.2) is 24.8 Å². The summed E-state index contributed by atoms with van der Waals surface area (Å²) in [4.78, 5) is 23.1. The average Bonchev–Trinajstić information content (AvgIpc) is 2.96. The van der Waals surface area contributed by atoms with Crippen LogP contribution in [0.25, 0.3) is 5.65 Å². The van der Waals surface area contributed by atoms with Crippen molar-refractivity contribution >= 4 is 11.6 Å². The van der Waals surface area contributed by atoms with Gasteiger partial charge in [-0.05, 0) is 31.8 Å². The molecule has 6 nitrogen and oxygen atoms in total. The Morgan fingerprint density at radius 1 is 1.30 bits per heavy atom. The van der Waals surface area contributed by atoms with Crippen LogP contribution in [0, 0.1) is 5.92 Å². The number of hydrogen-bond donors (Lipinski definition) is 1. The molecule has 6 heteroatoms. The second-order valence-electron chi connectivity index (χ2n) is 5.68. The standard InChI is InChI=1S/C14H17N5O/c20-14(12-9-19-6-3-15-13(19)7-16-12)17-11-8-18-4-1-10(11)2-5-18/h3,6-7,9-11H,1-2,4-5,8H2,(H,17,20)/t11-/m0/s1. The minimum atomic E-state index is -0.0839. The van der Waals surface area contributed by atoms with Crippen molar-refractivity contribution in [3.63, 3.8) is 0 Å². The first-order chi connectivity index (χ1) is 9.79. The lowest BCUT2D eigenvalue weighted by Crippen LogP contribution is -2.57. The van der Waals surface area contributed by atoms with E-state index >= 15 is 0 Å². The predicted octanol–water partition coefficient (Wildman–Crippen LogP) is 0.553. The van der Waals surface area contributed by atoms with Gasteiger partial charge in [0.15, 0.2) is 5.65 Å². The van der Waals surface area contributed by atoms with E-state index < -0.39 is 0 Å². The minimum absolute atomic E-state index is 0.0839. The van der Waals surface area contributed by atoms with Crippen molar-refractivity contribution < 1.29 is 4.79 Å². The lowest BCUT2D eigenvalue weighted by molar-refractivity contribution is 0.0617. The molecule has 3 saturated heterocycles. The molecule has 0 aliphatic carbocycles. The fraction of sp³-hybridized carbons (Fsp3) is 0.500. The van der Waals surface area contributed by atoms with E-state index in [1.165, 1.54) is 25.9 Å². The molecule has 1 atom stereocenters. The van der Waals surface area contributed by atoms with Crippen molar-refractivity contribution in [1.82, 2.24) is 24.6 Å². The van der Waals surface area contributed by atoms with Crippen LogP contribution < -0.4 is 5.32 Å². The molecule has 0 spiro atoms. The minimum Gasteiger partial charge on any atom is -0.346 e. The lowest BCUT2D eigenvalue weighted by Gasteiger charge is -2.44. The van der Waals surface area contributed by atoms with Crippen molar-refractivity contribution in [2.45, 2.75) is 18.9 Å². The predicted molar refractivity (Wildman–Crippen MR) is 73.4 cm³/mol. The number of piperidine rings is 3. The highest BCUT2D eigenvalue weighted by atomic mass is 16.2. The molecule has 0 saturated carbocycles. The maximum atomic E-state index is 12.3. The van der Waals surface area contributed by atoms with Gasteiger partial charge in [-0.2, -0.15) is 0 Å². The fourth-order valence-electron chi connectivity index (χ4n) is 3.31. The van der Waals surface area contributed by atoms with Crippen molar-refractivity contribution in [3.05, 3.63) is 30.5 Å². The van der Waals surface area contributed by atoms with Gasteiger partial charge in [-0.1, -0.05) is 0 Å². The number of hydrogen-bond acceptors (Lipinski definition) is 4. The summed E-state index contributed by atoms with van der Waals surface area (Å²) in [5.74, 6) is 0.542. The van der Waals surface area contributed by atoms with E-state index in [4.69, 9.17) is 0 Å². The number of rotatable bonds is 2. The van der Waals surface area contributed by atoms with Crippen LogP contribution in [0.3, 0.4) is 0 Å². The molecule has 0 unspecified atom stereocenters. The highest BCUT2D eigenvalue weighted by Gasteiger charge is 2.35. The van der Waals surface area contributed by atoms with E-state index in [9.17, 15) is 4.79 Å². The summed E-state index contributed by atoms with van der Waals surface area (Å²) in [6.07, 6.45) is 9.27. The van der Waals surface area contributed by atoms with Gasteiger partial charge < -0.3 is 14.6 Å². The van der Waals surface area contributed by atoms with Crippen LogP contribution in [0.5, 0.6) is 0 Å². The Bertz CT molecular complexity index is 644. The highest BCUT2D eigenvalue weighted by Crippen LogP contribution is 2.27. The van der Waals surface area contributed by atoms with E-state index in [1.54, 1.807) is 18.6 Å². The molecule has 5 heterocycles. The zero-order chi connectivity index (χ0) is 13.5. The number of nitrogens with zero attached hydrogens (tertiary/aromatic N) is 4. The fourth-order valence-corrected chi connectivity index (χ4v) is 3.31. The van der Waals surface area contributed by atoms with Crippen molar-refractivity contribution in [2.24, 2.45) is 5.92 Å². The summed E-state index contributed by atoms with van der Waals surface area (Å²) in [6.45, 7) is 3.33. The monoisotopic (exact) mass is 271 g/mol. The maximum Gasteiger partial charge on any atom is 0.271 e. The van der Waals surface area contributed by atoms with E-state index in [0.717, 1.165) is 12.2 Å². The van der Waals surface area contributed by atoms with Gasteiger partial charge in [-0.15, -0.1) is 0 Å². The van der Waals surface area contributed by atoms with Gasteiger partial charge in [0.2, 0.25) is 0 Å². The molecule has 20 heavy (non-hydrogen) atoms. The van der Waals surface area contributed by atoms with Gasteiger partial charge in [0.25, 0.3) is 5.91 Å². The Kier molecular flexibility index (Phi) is 2.70. The molecule has 0 aromatic carbocycles. The van der Waals surface area contributed by atoms with Crippen LogP contribution in [0.1, 0.15) is 23.3 Å². The van der Waals surface area contributed by atoms with Crippen molar-refractivity contribution in [2.75, 3.05) is 19.6 Å². The molecule has 1 N–H and O–H groups in total. The molecule has 3 aliphatic rings. The van der Waals surface area contributed by atoms with Crippen molar-refractivity contribution in [3.8, 4) is 0 Å². The molecule has 2 aromatic heterocycles. The Balaban J connectivity index is 1.52. The van der Waals surface area contributed by atoms with Gasteiger partial charge in [0, 0.05) is 31.2 Å². The topological polar surface area (TPSA) is 62.5 Å². The smallest absolute Gasteiger partial charge is 0.271 e. The first-order valence-corrected chi connectivity index (χ1v) is 7.11. The third-order valence-electron chi connectivity index (χ3n) is 4.48. The summed E-state index contributed by atoms with van der Waals surface area (Å²) in [7, 11) is 0. The van der Waals surface area contributed by atoms with Crippen LogP contribution in [-0.4, -0.2) is 50.9 Å². The molecule has 1 amide bonds. The largest absolute Gasteiger partial charge is 0.346 e. The number of fused-ring (bicyclic) bond motifs is 4. The zero-order valence-corrected chi connectivity index (χ0v) is 11.2. The van der Waals surface area contributed by atoms with E-state index in [1.807, 2.05) is 10.6 Å². The summed E-state index contributed by atoms with van der Waals surface area (Å²) < 4.78 is 1.82. The molecular formula is C14H17N5O. The Morgan fingerprint density at radius 3 is 2.90 bits per heavy atom. The van der Waals surface area contributed by atoms with Gasteiger partial charge in [-0.3, -0.25) is 4.79 Å². The highest BCUT2D eigenvalue weighted by molar-refractivity contribution is 5.92. The normalized spacial score (nSPS) is 28.7. The van der Waals surface area contributed by atoms with E-state index in [2.05, 4.69) is 20.2 Å². The molecular weight excluding hydrogens is 254 g/mol.